The molecule has 1 saturated heterocycles. The van der Waals surface area contributed by atoms with E-state index in [2.05, 4.69) is 21.8 Å². The summed E-state index contributed by atoms with van der Waals surface area (Å²) in [5, 5.41) is 0. The predicted octanol–water partition coefficient (Wildman–Crippen LogP) is 3.65. The van der Waals surface area contributed by atoms with Crippen molar-refractivity contribution in [2.75, 3.05) is 13.1 Å². The minimum Gasteiger partial charge on any atom is -0.332 e. The van der Waals surface area contributed by atoms with E-state index in [-0.39, 0.29) is 23.6 Å². The standard InChI is InChI=1S/C21H22FN3O/c1-15(2)6-7-20(26)25-12-9-16(10-13-25)21-23-11-8-19(24-21)17-4-3-5-18(22)14-17/h3-5,8,11,14-16H,9-10,12-13H2,1-2H3. The van der Waals surface area contributed by atoms with Crippen LogP contribution in [0.3, 0.4) is 0 Å². The summed E-state index contributed by atoms with van der Waals surface area (Å²) in [5.41, 5.74) is 1.46. The van der Waals surface area contributed by atoms with E-state index in [1.54, 1.807) is 23.2 Å². The highest BCUT2D eigenvalue weighted by atomic mass is 19.1. The molecule has 0 N–H and O–H groups in total. The maximum atomic E-state index is 13.4. The molecule has 0 spiro atoms. The predicted molar refractivity (Wildman–Crippen MR) is 98.6 cm³/mol. The average molecular weight is 351 g/mol. The Morgan fingerprint density at radius 2 is 2.04 bits per heavy atom. The lowest BCUT2D eigenvalue weighted by molar-refractivity contribution is -0.126. The summed E-state index contributed by atoms with van der Waals surface area (Å²) in [7, 11) is 0. The second-order valence-corrected chi connectivity index (χ2v) is 6.80. The molecule has 26 heavy (non-hydrogen) atoms. The van der Waals surface area contributed by atoms with Gasteiger partial charge in [-0.25, -0.2) is 14.4 Å². The summed E-state index contributed by atoms with van der Waals surface area (Å²) in [6.07, 6.45) is 3.33. The van der Waals surface area contributed by atoms with Crippen molar-refractivity contribution in [2.24, 2.45) is 5.92 Å². The molecule has 1 aliphatic rings. The molecule has 3 rings (SSSR count). The second-order valence-electron chi connectivity index (χ2n) is 6.80. The molecule has 0 aliphatic carbocycles. The molecular weight excluding hydrogens is 329 g/mol. The van der Waals surface area contributed by atoms with Gasteiger partial charge in [0, 0.05) is 36.7 Å². The third kappa shape index (κ3) is 4.45. The number of carbonyl (C=O) groups is 1. The first-order chi connectivity index (χ1) is 12.5. The first-order valence-corrected chi connectivity index (χ1v) is 8.92. The van der Waals surface area contributed by atoms with Crippen LogP contribution < -0.4 is 0 Å². The molecule has 0 unspecified atom stereocenters. The molecule has 0 saturated carbocycles. The van der Waals surface area contributed by atoms with Gasteiger partial charge in [0.1, 0.15) is 11.6 Å². The minimum absolute atomic E-state index is 0.105. The summed E-state index contributed by atoms with van der Waals surface area (Å²) < 4.78 is 13.4. The minimum atomic E-state index is -0.281. The van der Waals surface area contributed by atoms with Crippen LogP contribution in [0.15, 0.2) is 36.5 Å². The molecule has 1 aliphatic heterocycles. The Bertz CT molecular complexity index is 846. The summed E-state index contributed by atoms with van der Waals surface area (Å²) in [6, 6.07) is 8.19. The molecule has 1 aromatic carbocycles. The van der Waals surface area contributed by atoms with Crippen LogP contribution in [-0.2, 0) is 4.79 Å². The van der Waals surface area contributed by atoms with Crippen LogP contribution in [0.1, 0.15) is 38.4 Å². The van der Waals surface area contributed by atoms with Crippen molar-refractivity contribution in [3.63, 3.8) is 0 Å². The van der Waals surface area contributed by atoms with Crippen LogP contribution in [0, 0.1) is 23.6 Å². The van der Waals surface area contributed by atoms with Crippen molar-refractivity contribution in [3.05, 3.63) is 48.2 Å². The fourth-order valence-electron chi connectivity index (χ4n) is 3.00. The van der Waals surface area contributed by atoms with Crippen LogP contribution in [0.5, 0.6) is 0 Å². The number of rotatable bonds is 2. The summed E-state index contributed by atoms with van der Waals surface area (Å²) in [5.74, 6) is 6.39. The van der Waals surface area contributed by atoms with Gasteiger partial charge in [-0.2, -0.15) is 0 Å². The van der Waals surface area contributed by atoms with Gasteiger partial charge < -0.3 is 4.90 Å². The third-order valence-electron chi connectivity index (χ3n) is 4.41. The van der Waals surface area contributed by atoms with E-state index in [0.717, 1.165) is 29.9 Å². The summed E-state index contributed by atoms with van der Waals surface area (Å²) in [4.78, 5) is 22.9. The molecule has 4 nitrogen and oxygen atoms in total. The number of aromatic nitrogens is 2. The Hall–Kier alpha value is -2.74. The Morgan fingerprint density at radius 3 is 2.73 bits per heavy atom. The quantitative estimate of drug-likeness (QED) is 0.776. The number of nitrogens with zero attached hydrogens (tertiary/aromatic N) is 3. The fraction of sp³-hybridized carbons (Fsp3) is 0.381. The van der Waals surface area contributed by atoms with Gasteiger partial charge in [0.2, 0.25) is 0 Å². The SMILES string of the molecule is CC(C)C#CC(=O)N1CCC(c2nccc(-c3cccc(F)c3)n2)CC1. The zero-order valence-electron chi connectivity index (χ0n) is 15.1. The van der Waals surface area contributed by atoms with Gasteiger partial charge >= 0.3 is 0 Å². The van der Waals surface area contributed by atoms with Gasteiger partial charge in [-0.3, -0.25) is 4.79 Å². The maximum absolute atomic E-state index is 13.4. The second kappa shape index (κ2) is 8.09. The van der Waals surface area contributed by atoms with Gasteiger partial charge in [-0.05, 0) is 37.0 Å². The lowest BCUT2D eigenvalue weighted by Gasteiger charge is -2.30. The van der Waals surface area contributed by atoms with Crippen molar-refractivity contribution in [1.29, 1.82) is 0 Å². The number of amides is 1. The van der Waals surface area contributed by atoms with E-state index in [0.29, 0.717) is 13.1 Å². The van der Waals surface area contributed by atoms with Crippen molar-refractivity contribution in [2.45, 2.75) is 32.6 Å². The van der Waals surface area contributed by atoms with Crippen molar-refractivity contribution in [3.8, 4) is 23.1 Å². The molecule has 1 amide bonds. The molecule has 1 fully saturated rings. The molecule has 2 aromatic rings. The topological polar surface area (TPSA) is 46.1 Å². The van der Waals surface area contributed by atoms with Crippen LogP contribution in [0.2, 0.25) is 0 Å². The van der Waals surface area contributed by atoms with E-state index in [9.17, 15) is 9.18 Å². The van der Waals surface area contributed by atoms with E-state index >= 15 is 0 Å². The van der Waals surface area contributed by atoms with E-state index < -0.39 is 0 Å². The van der Waals surface area contributed by atoms with E-state index in [4.69, 9.17) is 0 Å². The van der Waals surface area contributed by atoms with E-state index in [1.807, 2.05) is 19.9 Å². The average Bonchev–Trinajstić information content (AvgIpc) is 2.66. The Kier molecular flexibility index (Phi) is 5.62. The summed E-state index contributed by atoms with van der Waals surface area (Å²) >= 11 is 0. The van der Waals surface area contributed by atoms with Crippen molar-refractivity contribution >= 4 is 5.91 Å². The normalized spacial score (nSPS) is 14.8. The Labute approximate surface area is 153 Å². The highest BCUT2D eigenvalue weighted by molar-refractivity contribution is 5.93. The Balaban J connectivity index is 1.68. The first kappa shape index (κ1) is 18.1. The van der Waals surface area contributed by atoms with Gasteiger partial charge in [0.15, 0.2) is 0 Å². The molecule has 5 heteroatoms. The third-order valence-corrected chi connectivity index (χ3v) is 4.41. The fourth-order valence-corrected chi connectivity index (χ4v) is 3.00. The van der Waals surface area contributed by atoms with Gasteiger partial charge in [-0.1, -0.05) is 31.9 Å². The zero-order valence-corrected chi connectivity index (χ0v) is 15.1. The molecule has 134 valence electrons. The highest BCUT2D eigenvalue weighted by Gasteiger charge is 2.25. The molecule has 0 radical (unpaired) electrons. The smallest absolute Gasteiger partial charge is 0.298 e. The van der Waals surface area contributed by atoms with Crippen molar-refractivity contribution in [1.82, 2.24) is 14.9 Å². The lowest BCUT2D eigenvalue weighted by atomic mass is 9.95. The summed E-state index contributed by atoms with van der Waals surface area (Å²) in [6.45, 7) is 5.25. The monoisotopic (exact) mass is 351 g/mol. The van der Waals surface area contributed by atoms with Gasteiger partial charge in [0.05, 0.1) is 5.69 Å². The molecule has 1 aromatic heterocycles. The molecule has 2 heterocycles. The zero-order chi connectivity index (χ0) is 18.5. The van der Waals surface area contributed by atoms with Crippen LogP contribution >= 0.6 is 0 Å². The van der Waals surface area contributed by atoms with Crippen LogP contribution in [-0.4, -0.2) is 33.9 Å². The number of piperidine rings is 1. The van der Waals surface area contributed by atoms with Crippen molar-refractivity contribution < 1.29 is 9.18 Å². The van der Waals surface area contributed by atoms with Gasteiger partial charge in [-0.15, -0.1) is 0 Å². The number of halogens is 1. The number of likely N-dealkylation sites (tertiary alicyclic amines) is 1. The molecule has 0 atom stereocenters. The van der Waals surface area contributed by atoms with Crippen LogP contribution in [0.4, 0.5) is 4.39 Å². The number of carbonyl (C=O) groups excluding carboxylic acids is 1. The molecule has 0 bridgehead atoms. The van der Waals surface area contributed by atoms with Gasteiger partial charge in [0.25, 0.3) is 5.91 Å². The number of hydrogen-bond donors (Lipinski definition) is 0. The Morgan fingerprint density at radius 1 is 1.27 bits per heavy atom. The lowest BCUT2D eigenvalue weighted by Crippen LogP contribution is -2.37. The molecular formula is C21H22FN3O. The highest BCUT2D eigenvalue weighted by Crippen LogP contribution is 2.27. The van der Waals surface area contributed by atoms with Crippen LogP contribution in [0.25, 0.3) is 11.3 Å². The van der Waals surface area contributed by atoms with E-state index in [1.165, 1.54) is 12.1 Å². The first-order valence-electron chi connectivity index (χ1n) is 8.92. The maximum Gasteiger partial charge on any atom is 0.298 e. The number of benzene rings is 1. The number of hydrogen-bond acceptors (Lipinski definition) is 3. The largest absolute Gasteiger partial charge is 0.332 e.